The van der Waals surface area contributed by atoms with Crippen molar-refractivity contribution in [1.82, 2.24) is 19.7 Å². The molecule has 4 aromatic rings. The third-order valence-electron chi connectivity index (χ3n) is 4.27. The van der Waals surface area contributed by atoms with Gasteiger partial charge in [-0.05, 0) is 29.8 Å². The Labute approximate surface area is 151 Å². The number of ether oxygens (including phenoxy) is 1. The Bertz CT molecular complexity index is 1040. The molecule has 3 aromatic heterocycles. The zero-order chi connectivity index (χ0) is 17.9. The van der Waals surface area contributed by atoms with E-state index in [1.54, 1.807) is 18.0 Å². The van der Waals surface area contributed by atoms with Gasteiger partial charge in [0.15, 0.2) is 0 Å². The van der Waals surface area contributed by atoms with Crippen LogP contribution in [0, 0.1) is 0 Å². The standard InChI is InChI=1S/C20H19N5O/c1-25-13-16(12-24-25)15-9-18-19(22-11-15)7-8-21-20(18)23-10-14-3-5-17(26-2)6-4-14/h3-9,11-13H,10H2,1-2H3,(H,21,23). The molecule has 0 spiro atoms. The van der Waals surface area contributed by atoms with Crippen LogP contribution in [0.25, 0.3) is 22.0 Å². The second-order valence-electron chi connectivity index (χ2n) is 6.05. The van der Waals surface area contributed by atoms with Crippen molar-refractivity contribution < 1.29 is 4.74 Å². The number of nitrogens with one attached hydrogen (secondary N) is 1. The largest absolute Gasteiger partial charge is 0.497 e. The average Bonchev–Trinajstić information content (AvgIpc) is 3.12. The van der Waals surface area contributed by atoms with Gasteiger partial charge in [0.05, 0.1) is 18.8 Å². The molecular formula is C20H19N5O. The fourth-order valence-electron chi connectivity index (χ4n) is 2.85. The van der Waals surface area contributed by atoms with Gasteiger partial charge in [-0.15, -0.1) is 0 Å². The van der Waals surface area contributed by atoms with E-state index < -0.39 is 0 Å². The lowest BCUT2D eigenvalue weighted by molar-refractivity contribution is 0.414. The molecule has 0 radical (unpaired) electrons. The number of methoxy groups -OCH3 is 1. The number of hydrogen-bond acceptors (Lipinski definition) is 5. The normalized spacial score (nSPS) is 10.8. The molecule has 0 aliphatic carbocycles. The molecule has 3 heterocycles. The van der Waals surface area contributed by atoms with Gasteiger partial charge in [0.2, 0.25) is 0 Å². The third-order valence-corrected chi connectivity index (χ3v) is 4.27. The Balaban J connectivity index is 1.63. The van der Waals surface area contributed by atoms with Gasteiger partial charge in [-0.1, -0.05) is 12.1 Å². The summed E-state index contributed by atoms with van der Waals surface area (Å²) in [4.78, 5) is 9.07. The molecular weight excluding hydrogens is 326 g/mol. The SMILES string of the molecule is COc1ccc(CNc2nccc3ncc(-c4cnn(C)c4)cc23)cc1. The molecule has 0 bridgehead atoms. The molecule has 1 N–H and O–H groups in total. The first kappa shape index (κ1) is 16.1. The first-order valence-corrected chi connectivity index (χ1v) is 8.33. The van der Waals surface area contributed by atoms with Gasteiger partial charge in [0.1, 0.15) is 11.6 Å². The average molecular weight is 345 g/mol. The maximum Gasteiger partial charge on any atom is 0.135 e. The smallest absolute Gasteiger partial charge is 0.135 e. The Morgan fingerprint density at radius 1 is 1.04 bits per heavy atom. The molecule has 130 valence electrons. The molecule has 26 heavy (non-hydrogen) atoms. The third kappa shape index (κ3) is 3.21. The van der Waals surface area contributed by atoms with Gasteiger partial charge < -0.3 is 10.1 Å². The summed E-state index contributed by atoms with van der Waals surface area (Å²) in [7, 11) is 3.57. The van der Waals surface area contributed by atoms with E-state index in [1.807, 2.05) is 56.0 Å². The lowest BCUT2D eigenvalue weighted by Gasteiger charge is -2.10. The minimum atomic E-state index is 0.674. The Morgan fingerprint density at radius 2 is 1.88 bits per heavy atom. The highest BCUT2D eigenvalue weighted by Crippen LogP contribution is 2.26. The molecule has 0 fully saturated rings. The summed E-state index contributed by atoms with van der Waals surface area (Å²) < 4.78 is 6.98. The summed E-state index contributed by atoms with van der Waals surface area (Å²) in [5.74, 6) is 1.67. The molecule has 0 aliphatic rings. The van der Waals surface area contributed by atoms with E-state index >= 15 is 0 Å². The molecule has 0 aliphatic heterocycles. The molecule has 0 unspecified atom stereocenters. The summed E-state index contributed by atoms with van der Waals surface area (Å²) in [5.41, 5.74) is 4.11. The van der Waals surface area contributed by atoms with Crippen LogP contribution in [0.5, 0.6) is 5.75 Å². The number of aryl methyl sites for hydroxylation is 1. The fraction of sp³-hybridized carbons (Fsp3) is 0.150. The molecule has 6 nitrogen and oxygen atoms in total. The van der Waals surface area contributed by atoms with Gasteiger partial charge in [0, 0.05) is 48.7 Å². The maximum atomic E-state index is 5.20. The fourth-order valence-corrected chi connectivity index (χ4v) is 2.85. The second-order valence-corrected chi connectivity index (χ2v) is 6.05. The van der Waals surface area contributed by atoms with Crippen molar-refractivity contribution in [2.75, 3.05) is 12.4 Å². The number of aromatic nitrogens is 4. The molecule has 6 heteroatoms. The summed E-state index contributed by atoms with van der Waals surface area (Å²) in [6.45, 7) is 0.674. The van der Waals surface area contributed by atoms with Gasteiger partial charge in [-0.25, -0.2) is 4.98 Å². The highest BCUT2D eigenvalue weighted by Gasteiger charge is 2.07. The number of hydrogen-bond donors (Lipinski definition) is 1. The predicted molar refractivity (Wildman–Crippen MR) is 102 cm³/mol. The number of benzene rings is 1. The summed E-state index contributed by atoms with van der Waals surface area (Å²) in [5, 5.41) is 8.63. The quantitative estimate of drug-likeness (QED) is 0.598. The zero-order valence-corrected chi connectivity index (χ0v) is 14.7. The highest BCUT2D eigenvalue weighted by molar-refractivity contribution is 5.91. The maximum absolute atomic E-state index is 5.20. The van der Waals surface area contributed by atoms with Crippen molar-refractivity contribution in [3.8, 4) is 16.9 Å². The van der Waals surface area contributed by atoms with Gasteiger partial charge >= 0.3 is 0 Å². The lowest BCUT2D eigenvalue weighted by atomic mass is 10.1. The van der Waals surface area contributed by atoms with Crippen molar-refractivity contribution in [3.05, 3.63) is 66.7 Å². The van der Waals surface area contributed by atoms with Crippen LogP contribution in [0.1, 0.15) is 5.56 Å². The van der Waals surface area contributed by atoms with Crippen LogP contribution in [-0.4, -0.2) is 26.9 Å². The van der Waals surface area contributed by atoms with E-state index in [0.29, 0.717) is 6.54 Å². The summed E-state index contributed by atoms with van der Waals surface area (Å²) >= 11 is 0. The molecule has 0 atom stereocenters. The van der Waals surface area contributed by atoms with Gasteiger partial charge in [-0.2, -0.15) is 5.10 Å². The highest BCUT2D eigenvalue weighted by atomic mass is 16.5. The molecule has 4 rings (SSSR count). The van der Waals surface area contributed by atoms with Crippen molar-refractivity contribution in [1.29, 1.82) is 0 Å². The van der Waals surface area contributed by atoms with E-state index in [4.69, 9.17) is 4.74 Å². The van der Waals surface area contributed by atoms with Crippen LogP contribution in [0.2, 0.25) is 0 Å². The number of rotatable bonds is 5. The number of fused-ring (bicyclic) bond motifs is 1. The first-order valence-electron chi connectivity index (χ1n) is 8.33. The van der Waals surface area contributed by atoms with Crippen LogP contribution in [0.15, 0.2) is 61.2 Å². The van der Waals surface area contributed by atoms with Gasteiger partial charge in [0.25, 0.3) is 0 Å². The van der Waals surface area contributed by atoms with E-state index in [9.17, 15) is 0 Å². The van der Waals surface area contributed by atoms with Gasteiger partial charge in [-0.3, -0.25) is 9.67 Å². The second kappa shape index (κ2) is 6.84. The first-order chi connectivity index (χ1) is 12.7. The molecule has 1 aromatic carbocycles. The number of anilines is 1. The number of pyridine rings is 2. The minimum Gasteiger partial charge on any atom is -0.497 e. The lowest BCUT2D eigenvalue weighted by Crippen LogP contribution is -2.02. The van der Waals surface area contributed by atoms with Crippen LogP contribution in [-0.2, 0) is 13.6 Å². The summed E-state index contributed by atoms with van der Waals surface area (Å²) in [6, 6.07) is 12.0. The Kier molecular flexibility index (Phi) is 4.23. The van der Waals surface area contributed by atoms with Crippen LogP contribution < -0.4 is 10.1 Å². The van der Waals surface area contributed by atoms with Crippen LogP contribution in [0.4, 0.5) is 5.82 Å². The molecule has 0 saturated carbocycles. The van der Waals surface area contributed by atoms with Crippen molar-refractivity contribution in [2.45, 2.75) is 6.54 Å². The van der Waals surface area contributed by atoms with Crippen molar-refractivity contribution in [2.24, 2.45) is 7.05 Å². The van der Waals surface area contributed by atoms with Crippen molar-refractivity contribution >= 4 is 16.7 Å². The Morgan fingerprint density at radius 3 is 2.62 bits per heavy atom. The van der Waals surface area contributed by atoms with E-state index in [1.165, 1.54) is 0 Å². The van der Waals surface area contributed by atoms with Crippen LogP contribution >= 0.6 is 0 Å². The van der Waals surface area contributed by atoms with Crippen LogP contribution in [0.3, 0.4) is 0 Å². The molecule has 0 saturated heterocycles. The topological polar surface area (TPSA) is 64.9 Å². The predicted octanol–water partition coefficient (Wildman–Crippen LogP) is 3.65. The summed E-state index contributed by atoms with van der Waals surface area (Å²) in [6.07, 6.45) is 7.45. The van der Waals surface area contributed by atoms with E-state index in [2.05, 4.69) is 26.4 Å². The number of nitrogens with zero attached hydrogens (tertiary/aromatic N) is 4. The minimum absolute atomic E-state index is 0.674. The monoisotopic (exact) mass is 345 g/mol. The van der Waals surface area contributed by atoms with Crippen molar-refractivity contribution in [3.63, 3.8) is 0 Å². The van der Waals surface area contributed by atoms with E-state index in [-0.39, 0.29) is 0 Å². The van der Waals surface area contributed by atoms with E-state index in [0.717, 1.165) is 39.2 Å². The Hall–Kier alpha value is -3.41. The molecule has 0 amide bonds. The zero-order valence-electron chi connectivity index (χ0n) is 14.7.